The molecule has 2 heterocycles. The van der Waals surface area contributed by atoms with Crippen molar-refractivity contribution in [1.82, 2.24) is 4.31 Å². The van der Waals surface area contributed by atoms with Crippen LogP contribution in [0.5, 0.6) is 0 Å². The van der Waals surface area contributed by atoms with E-state index in [1.165, 1.54) is 11.3 Å². The third kappa shape index (κ3) is 2.25. The van der Waals surface area contributed by atoms with Gasteiger partial charge in [0.1, 0.15) is 4.21 Å². The SMILES string of the molecule is CC1=CCCN(S(=O)(=O)c2sccc2Br)C1. The Kier molecular flexibility index (Phi) is 3.53. The molecule has 1 aromatic rings. The zero-order valence-corrected chi connectivity index (χ0v) is 12.0. The van der Waals surface area contributed by atoms with E-state index in [0.717, 1.165) is 12.0 Å². The summed E-state index contributed by atoms with van der Waals surface area (Å²) in [6, 6.07) is 1.77. The van der Waals surface area contributed by atoms with Crippen molar-refractivity contribution in [1.29, 1.82) is 0 Å². The van der Waals surface area contributed by atoms with Crippen molar-refractivity contribution in [2.75, 3.05) is 13.1 Å². The molecule has 2 rings (SSSR count). The number of sulfonamides is 1. The standard InChI is InChI=1S/C10H12BrNO2S2/c1-8-3-2-5-12(7-8)16(13,14)10-9(11)4-6-15-10/h3-4,6H,2,5,7H2,1H3. The van der Waals surface area contributed by atoms with E-state index in [-0.39, 0.29) is 0 Å². The van der Waals surface area contributed by atoms with Gasteiger partial charge in [0, 0.05) is 17.6 Å². The Bertz CT molecular complexity index is 519. The van der Waals surface area contributed by atoms with Crippen molar-refractivity contribution in [3.8, 4) is 0 Å². The molecular weight excluding hydrogens is 310 g/mol. The third-order valence-corrected chi connectivity index (χ3v) is 6.95. The van der Waals surface area contributed by atoms with Crippen LogP contribution >= 0.6 is 27.3 Å². The molecule has 1 aliphatic rings. The first-order valence-electron chi connectivity index (χ1n) is 4.90. The lowest BCUT2D eigenvalue weighted by Crippen LogP contribution is -2.35. The van der Waals surface area contributed by atoms with Crippen molar-refractivity contribution in [2.45, 2.75) is 17.6 Å². The van der Waals surface area contributed by atoms with Gasteiger partial charge in [-0.05, 0) is 40.7 Å². The summed E-state index contributed by atoms with van der Waals surface area (Å²) in [6.07, 6.45) is 2.89. The van der Waals surface area contributed by atoms with E-state index in [0.29, 0.717) is 21.8 Å². The molecule has 0 saturated heterocycles. The van der Waals surface area contributed by atoms with E-state index in [1.54, 1.807) is 15.8 Å². The molecule has 1 aliphatic heterocycles. The van der Waals surface area contributed by atoms with Crippen molar-refractivity contribution < 1.29 is 8.42 Å². The van der Waals surface area contributed by atoms with Gasteiger partial charge in [0.25, 0.3) is 10.0 Å². The summed E-state index contributed by atoms with van der Waals surface area (Å²) in [5.74, 6) is 0. The molecule has 0 amide bonds. The molecule has 0 unspecified atom stereocenters. The van der Waals surface area contributed by atoms with Gasteiger partial charge in [-0.3, -0.25) is 0 Å². The van der Waals surface area contributed by atoms with E-state index in [1.807, 2.05) is 6.92 Å². The first-order valence-corrected chi connectivity index (χ1v) is 8.02. The first kappa shape index (κ1) is 12.3. The Morgan fingerprint density at radius 3 is 2.81 bits per heavy atom. The predicted molar refractivity (Wildman–Crippen MR) is 69.2 cm³/mol. The molecule has 16 heavy (non-hydrogen) atoms. The lowest BCUT2D eigenvalue weighted by Gasteiger charge is -2.24. The maximum absolute atomic E-state index is 12.3. The van der Waals surface area contributed by atoms with Crippen molar-refractivity contribution >= 4 is 37.3 Å². The third-order valence-electron chi connectivity index (χ3n) is 2.46. The Labute approximate surface area is 108 Å². The Morgan fingerprint density at radius 2 is 2.25 bits per heavy atom. The fourth-order valence-electron chi connectivity index (χ4n) is 1.66. The monoisotopic (exact) mass is 321 g/mol. The van der Waals surface area contributed by atoms with Gasteiger partial charge in [0.2, 0.25) is 0 Å². The molecule has 0 aliphatic carbocycles. The molecule has 0 aromatic carbocycles. The number of thiophene rings is 1. The van der Waals surface area contributed by atoms with Crippen LogP contribution in [0.15, 0.2) is 31.8 Å². The second-order valence-electron chi connectivity index (χ2n) is 3.73. The first-order chi connectivity index (χ1) is 7.51. The maximum Gasteiger partial charge on any atom is 0.253 e. The molecule has 0 radical (unpaired) electrons. The van der Waals surface area contributed by atoms with Crippen LogP contribution in [0.4, 0.5) is 0 Å². The highest BCUT2D eigenvalue weighted by molar-refractivity contribution is 9.10. The summed E-state index contributed by atoms with van der Waals surface area (Å²) in [5.41, 5.74) is 1.11. The quantitative estimate of drug-likeness (QED) is 0.785. The molecule has 1 aromatic heterocycles. The van der Waals surface area contributed by atoms with Gasteiger partial charge < -0.3 is 0 Å². The molecule has 0 atom stereocenters. The molecule has 6 heteroatoms. The zero-order chi connectivity index (χ0) is 11.8. The van der Waals surface area contributed by atoms with Crippen LogP contribution < -0.4 is 0 Å². The smallest absolute Gasteiger partial charge is 0.206 e. The minimum Gasteiger partial charge on any atom is -0.206 e. The van der Waals surface area contributed by atoms with Gasteiger partial charge in [0.15, 0.2) is 0 Å². The highest BCUT2D eigenvalue weighted by Crippen LogP contribution is 2.31. The summed E-state index contributed by atoms with van der Waals surface area (Å²) in [4.78, 5) is 0. The molecular formula is C10H12BrNO2S2. The van der Waals surface area contributed by atoms with Crippen LogP contribution in [0.1, 0.15) is 13.3 Å². The van der Waals surface area contributed by atoms with Gasteiger partial charge in [-0.15, -0.1) is 11.3 Å². The van der Waals surface area contributed by atoms with Crippen LogP contribution in [0.3, 0.4) is 0 Å². The second kappa shape index (κ2) is 4.60. The van der Waals surface area contributed by atoms with Crippen molar-refractivity contribution in [3.63, 3.8) is 0 Å². The van der Waals surface area contributed by atoms with E-state index in [2.05, 4.69) is 22.0 Å². The number of hydrogen-bond donors (Lipinski definition) is 0. The van der Waals surface area contributed by atoms with Crippen LogP contribution in [0.25, 0.3) is 0 Å². The van der Waals surface area contributed by atoms with Crippen LogP contribution in [0.2, 0.25) is 0 Å². The van der Waals surface area contributed by atoms with E-state index in [4.69, 9.17) is 0 Å². The molecule has 3 nitrogen and oxygen atoms in total. The lowest BCUT2D eigenvalue weighted by molar-refractivity contribution is 0.429. The van der Waals surface area contributed by atoms with Gasteiger partial charge in [-0.25, -0.2) is 8.42 Å². The van der Waals surface area contributed by atoms with Crippen LogP contribution in [-0.2, 0) is 10.0 Å². The number of hydrogen-bond acceptors (Lipinski definition) is 3. The molecule has 88 valence electrons. The average molecular weight is 322 g/mol. The largest absolute Gasteiger partial charge is 0.253 e. The fourth-order valence-corrected chi connectivity index (χ4v) is 5.61. The van der Waals surface area contributed by atoms with E-state index < -0.39 is 10.0 Å². The number of halogens is 1. The highest BCUT2D eigenvalue weighted by atomic mass is 79.9. The minimum atomic E-state index is -3.32. The van der Waals surface area contributed by atoms with Crippen LogP contribution in [-0.4, -0.2) is 25.8 Å². The zero-order valence-electron chi connectivity index (χ0n) is 8.81. The average Bonchev–Trinajstić information content (AvgIpc) is 2.65. The summed E-state index contributed by atoms with van der Waals surface area (Å²) < 4.78 is 27.2. The van der Waals surface area contributed by atoms with Gasteiger partial charge in [-0.2, -0.15) is 4.31 Å². The topological polar surface area (TPSA) is 37.4 Å². The lowest BCUT2D eigenvalue weighted by atomic mass is 10.2. The molecule has 0 N–H and O–H groups in total. The Balaban J connectivity index is 2.34. The van der Waals surface area contributed by atoms with Crippen molar-refractivity contribution in [2.24, 2.45) is 0 Å². The molecule has 0 saturated carbocycles. The van der Waals surface area contributed by atoms with Crippen molar-refractivity contribution in [3.05, 3.63) is 27.6 Å². The van der Waals surface area contributed by atoms with Gasteiger partial charge >= 0.3 is 0 Å². The summed E-state index contributed by atoms with van der Waals surface area (Å²) in [5, 5.41) is 1.78. The highest BCUT2D eigenvalue weighted by Gasteiger charge is 2.28. The number of nitrogens with zero attached hydrogens (tertiary/aromatic N) is 1. The predicted octanol–water partition coefficient (Wildman–Crippen LogP) is 2.85. The second-order valence-corrected chi connectivity index (χ2v) is 7.64. The normalized spacial score (nSPS) is 18.5. The minimum absolute atomic E-state index is 0.405. The fraction of sp³-hybridized carbons (Fsp3) is 0.400. The molecule has 0 fully saturated rings. The Hall–Kier alpha value is -0.170. The van der Waals surface area contributed by atoms with Gasteiger partial charge in [-0.1, -0.05) is 11.6 Å². The summed E-state index contributed by atoms with van der Waals surface area (Å²) in [7, 11) is -3.32. The number of rotatable bonds is 2. The van der Waals surface area contributed by atoms with Crippen LogP contribution in [0, 0.1) is 0 Å². The van der Waals surface area contributed by atoms with E-state index >= 15 is 0 Å². The molecule has 0 bridgehead atoms. The summed E-state index contributed by atoms with van der Waals surface area (Å²) in [6.45, 7) is 3.04. The summed E-state index contributed by atoms with van der Waals surface area (Å²) >= 11 is 4.53. The van der Waals surface area contributed by atoms with Gasteiger partial charge in [0.05, 0.1) is 0 Å². The molecule has 0 spiro atoms. The maximum atomic E-state index is 12.3. The Morgan fingerprint density at radius 1 is 1.50 bits per heavy atom. The van der Waals surface area contributed by atoms with E-state index in [9.17, 15) is 8.42 Å².